The topological polar surface area (TPSA) is 47.3 Å². The van der Waals surface area contributed by atoms with Crippen LogP contribution >= 0.6 is 22.7 Å². The van der Waals surface area contributed by atoms with Gasteiger partial charge in [-0.1, -0.05) is 12.1 Å². The first kappa shape index (κ1) is 15.7. The molecule has 0 atom stereocenters. The fourth-order valence-corrected chi connectivity index (χ4v) is 3.79. The van der Waals surface area contributed by atoms with Crippen molar-refractivity contribution in [2.75, 3.05) is 0 Å². The van der Waals surface area contributed by atoms with Gasteiger partial charge in [-0.2, -0.15) is 0 Å². The Labute approximate surface area is 151 Å². The van der Waals surface area contributed by atoms with E-state index in [4.69, 9.17) is 4.42 Å². The molecule has 0 unspecified atom stereocenters. The minimum absolute atomic E-state index is 0.142. The molecular formula is C20H12O3S2. The molecule has 0 spiro atoms. The standard InChI is InChI=1S/C20H12O3S2/c21-16(7-6-14-3-1-9-24-14)13-5-8-18-15(11-13)17(22)12-19(23-18)20-4-2-10-25-20/h1-12H/b7-6+. The Morgan fingerprint density at radius 1 is 1.00 bits per heavy atom. The van der Waals surface area contributed by atoms with Crippen LogP contribution in [0.2, 0.25) is 0 Å². The molecule has 122 valence electrons. The molecule has 0 aliphatic carbocycles. The van der Waals surface area contributed by atoms with Crippen molar-refractivity contribution < 1.29 is 9.21 Å². The number of hydrogen-bond donors (Lipinski definition) is 0. The average molecular weight is 364 g/mol. The third kappa shape index (κ3) is 3.24. The summed E-state index contributed by atoms with van der Waals surface area (Å²) < 4.78 is 5.82. The zero-order chi connectivity index (χ0) is 17.2. The monoisotopic (exact) mass is 364 g/mol. The maximum atomic E-state index is 12.4. The predicted octanol–water partition coefficient (Wildman–Crippen LogP) is 5.48. The lowest BCUT2D eigenvalue weighted by Crippen LogP contribution is -2.02. The Balaban J connectivity index is 1.71. The number of rotatable bonds is 4. The van der Waals surface area contributed by atoms with Crippen molar-refractivity contribution in [3.63, 3.8) is 0 Å². The number of carbonyl (C=O) groups excluding carboxylic acids is 1. The van der Waals surface area contributed by atoms with Gasteiger partial charge >= 0.3 is 0 Å². The minimum Gasteiger partial charge on any atom is -0.455 e. The lowest BCUT2D eigenvalue weighted by molar-refractivity contribution is 0.104. The molecule has 4 aromatic rings. The molecule has 0 N–H and O–H groups in total. The van der Waals surface area contributed by atoms with Crippen LogP contribution in [0, 0.1) is 0 Å². The summed E-state index contributed by atoms with van der Waals surface area (Å²) in [5.41, 5.74) is 0.799. The largest absolute Gasteiger partial charge is 0.455 e. The van der Waals surface area contributed by atoms with Crippen molar-refractivity contribution in [3.05, 3.63) is 86.0 Å². The van der Waals surface area contributed by atoms with Crippen LogP contribution in [0.15, 0.2) is 74.6 Å². The Hall–Kier alpha value is -2.76. The van der Waals surface area contributed by atoms with Crippen LogP contribution in [-0.2, 0) is 0 Å². The van der Waals surface area contributed by atoms with Crippen molar-refractivity contribution in [3.8, 4) is 10.6 Å². The van der Waals surface area contributed by atoms with Gasteiger partial charge in [0.1, 0.15) is 11.3 Å². The van der Waals surface area contributed by atoms with Crippen molar-refractivity contribution in [1.29, 1.82) is 0 Å². The van der Waals surface area contributed by atoms with E-state index in [-0.39, 0.29) is 11.2 Å². The lowest BCUT2D eigenvalue weighted by Gasteiger charge is -2.02. The van der Waals surface area contributed by atoms with Gasteiger partial charge in [0.25, 0.3) is 0 Å². The van der Waals surface area contributed by atoms with Crippen LogP contribution in [-0.4, -0.2) is 5.78 Å². The zero-order valence-corrected chi connectivity index (χ0v) is 14.6. The van der Waals surface area contributed by atoms with Gasteiger partial charge in [0.05, 0.1) is 10.3 Å². The molecule has 0 bridgehead atoms. The fraction of sp³-hybridized carbons (Fsp3) is 0. The highest BCUT2D eigenvalue weighted by atomic mass is 32.1. The van der Waals surface area contributed by atoms with Crippen LogP contribution in [0.25, 0.3) is 27.7 Å². The minimum atomic E-state index is -0.151. The van der Waals surface area contributed by atoms with E-state index >= 15 is 0 Å². The first-order chi connectivity index (χ1) is 12.2. The maximum Gasteiger partial charge on any atom is 0.193 e. The lowest BCUT2D eigenvalue weighted by atomic mass is 10.1. The van der Waals surface area contributed by atoms with Gasteiger partial charge in [-0.15, -0.1) is 22.7 Å². The first-order valence-corrected chi connectivity index (χ1v) is 9.34. The normalized spacial score (nSPS) is 11.4. The van der Waals surface area contributed by atoms with Crippen LogP contribution in [0.4, 0.5) is 0 Å². The molecule has 25 heavy (non-hydrogen) atoms. The van der Waals surface area contributed by atoms with E-state index in [9.17, 15) is 9.59 Å². The zero-order valence-electron chi connectivity index (χ0n) is 13.0. The third-order valence-corrected chi connectivity index (χ3v) is 5.44. The van der Waals surface area contributed by atoms with Gasteiger partial charge in [-0.05, 0) is 53.2 Å². The predicted molar refractivity (Wildman–Crippen MR) is 103 cm³/mol. The molecule has 0 aliphatic rings. The summed E-state index contributed by atoms with van der Waals surface area (Å²) in [4.78, 5) is 26.7. The summed E-state index contributed by atoms with van der Waals surface area (Å²) in [6.07, 6.45) is 3.30. The van der Waals surface area contributed by atoms with Crippen molar-refractivity contribution in [1.82, 2.24) is 0 Å². The summed E-state index contributed by atoms with van der Waals surface area (Å²) >= 11 is 3.07. The van der Waals surface area contributed by atoms with E-state index in [1.807, 2.05) is 35.0 Å². The second-order valence-electron chi connectivity index (χ2n) is 5.38. The summed E-state index contributed by atoms with van der Waals surface area (Å²) in [6, 6.07) is 14.1. The number of thiophene rings is 2. The fourth-order valence-electron chi connectivity index (χ4n) is 2.49. The second-order valence-corrected chi connectivity index (χ2v) is 7.30. The highest BCUT2D eigenvalue weighted by Crippen LogP contribution is 2.26. The van der Waals surface area contributed by atoms with E-state index in [1.54, 1.807) is 35.6 Å². The average Bonchev–Trinajstić information content (AvgIpc) is 3.33. The molecule has 4 rings (SSSR count). The number of allylic oxidation sites excluding steroid dienone is 1. The molecule has 1 aromatic carbocycles. The van der Waals surface area contributed by atoms with Gasteiger partial charge in [0.2, 0.25) is 0 Å². The van der Waals surface area contributed by atoms with Crippen LogP contribution < -0.4 is 5.43 Å². The Morgan fingerprint density at radius 2 is 1.84 bits per heavy atom. The summed E-state index contributed by atoms with van der Waals surface area (Å²) in [5, 5.41) is 4.30. The van der Waals surface area contributed by atoms with Crippen molar-refractivity contribution >= 4 is 45.5 Å². The Bertz CT molecular complexity index is 1120. The Morgan fingerprint density at radius 3 is 2.60 bits per heavy atom. The van der Waals surface area contributed by atoms with Gasteiger partial charge < -0.3 is 4.42 Å². The van der Waals surface area contributed by atoms with Crippen LogP contribution in [0.1, 0.15) is 15.2 Å². The Kier molecular flexibility index (Phi) is 4.17. The SMILES string of the molecule is O=C(/C=C/c1cccs1)c1ccc2oc(-c3cccs3)cc(=O)c2c1. The van der Waals surface area contributed by atoms with E-state index in [0.717, 1.165) is 9.75 Å². The molecule has 3 aromatic heterocycles. The second kappa shape index (κ2) is 6.63. The summed E-state index contributed by atoms with van der Waals surface area (Å²) in [6.45, 7) is 0. The first-order valence-electron chi connectivity index (χ1n) is 7.58. The summed E-state index contributed by atoms with van der Waals surface area (Å²) in [5.74, 6) is 0.404. The van der Waals surface area contributed by atoms with E-state index in [0.29, 0.717) is 22.3 Å². The van der Waals surface area contributed by atoms with E-state index in [1.165, 1.54) is 23.5 Å². The van der Waals surface area contributed by atoms with Gasteiger partial charge in [0.15, 0.2) is 11.2 Å². The highest BCUT2D eigenvalue weighted by molar-refractivity contribution is 7.13. The van der Waals surface area contributed by atoms with Crippen LogP contribution in [0.3, 0.4) is 0 Å². The molecule has 3 heterocycles. The maximum absolute atomic E-state index is 12.4. The molecule has 0 aliphatic heterocycles. The van der Waals surface area contributed by atoms with Crippen molar-refractivity contribution in [2.45, 2.75) is 0 Å². The van der Waals surface area contributed by atoms with Gasteiger partial charge in [-0.3, -0.25) is 9.59 Å². The molecule has 0 saturated carbocycles. The molecule has 5 heteroatoms. The molecule has 3 nitrogen and oxygen atoms in total. The van der Waals surface area contributed by atoms with Gasteiger partial charge in [-0.25, -0.2) is 0 Å². The van der Waals surface area contributed by atoms with Crippen molar-refractivity contribution in [2.24, 2.45) is 0 Å². The van der Waals surface area contributed by atoms with E-state index in [2.05, 4.69) is 0 Å². The third-order valence-electron chi connectivity index (χ3n) is 3.72. The quantitative estimate of drug-likeness (QED) is 0.356. The number of ketones is 1. The van der Waals surface area contributed by atoms with E-state index < -0.39 is 0 Å². The smallest absolute Gasteiger partial charge is 0.193 e. The molecule has 0 saturated heterocycles. The highest BCUT2D eigenvalue weighted by Gasteiger charge is 2.10. The van der Waals surface area contributed by atoms with Crippen LogP contribution in [0.5, 0.6) is 0 Å². The van der Waals surface area contributed by atoms with Gasteiger partial charge in [0, 0.05) is 16.5 Å². The number of fused-ring (bicyclic) bond motifs is 1. The molecule has 0 fully saturated rings. The molecule has 0 radical (unpaired) electrons. The number of hydrogen-bond acceptors (Lipinski definition) is 5. The molecular weight excluding hydrogens is 352 g/mol. The number of benzene rings is 1. The number of carbonyl (C=O) groups is 1. The molecule has 0 amide bonds. The summed E-state index contributed by atoms with van der Waals surface area (Å²) in [7, 11) is 0.